The van der Waals surface area contributed by atoms with Crippen LogP contribution in [0.25, 0.3) is 0 Å². The van der Waals surface area contributed by atoms with Crippen LogP contribution in [0.15, 0.2) is 36.7 Å². The van der Waals surface area contributed by atoms with Crippen molar-refractivity contribution in [2.24, 2.45) is 5.92 Å². The fraction of sp³-hybridized carbons (Fsp3) is 0.450. The van der Waals surface area contributed by atoms with E-state index in [9.17, 15) is 9.59 Å². The van der Waals surface area contributed by atoms with Crippen LogP contribution in [0.3, 0.4) is 0 Å². The van der Waals surface area contributed by atoms with Gasteiger partial charge in [0.15, 0.2) is 0 Å². The lowest BCUT2D eigenvalue weighted by Crippen LogP contribution is -2.41. The quantitative estimate of drug-likeness (QED) is 0.836. The van der Waals surface area contributed by atoms with Crippen LogP contribution in [0, 0.1) is 12.8 Å². The molecule has 2 N–H and O–H groups in total. The maximum absolute atomic E-state index is 12.4. The number of hydrogen-bond acceptors (Lipinski definition) is 3. The minimum Gasteiger partial charge on any atom is -0.352 e. The summed E-state index contributed by atoms with van der Waals surface area (Å²) in [5.41, 5.74) is 3.00. The van der Waals surface area contributed by atoms with E-state index in [4.69, 9.17) is 0 Å². The Morgan fingerprint density at radius 1 is 1.23 bits per heavy atom. The van der Waals surface area contributed by atoms with Crippen molar-refractivity contribution in [3.63, 3.8) is 0 Å². The monoisotopic (exact) mass is 354 g/mol. The Morgan fingerprint density at radius 2 is 1.96 bits per heavy atom. The van der Waals surface area contributed by atoms with Gasteiger partial charge in [0.25, 0.3) is 5.91 Å². The summed E-state index contributed by atoms with van der Waals surface area (Å²) in [4.78, 5) is 26.3. The number of nitrogens with one attached hydrogen (secondary N) is 2. The highest BCUT2D eigenvalue weighted by Crippen LogP contribution is 2.18. The number of carbonyl (C=O) groups excluding carboxylic acids is 2. The molecule has 0 bridgehead atoms. The molecule has 3 rings (SSSR count). The van der Waals surface area contributed by atoms with E-state index in [-0.39, 0.29) is 11.8 Å². The summed E-state index contributed by atoms with van der Waals surface area (Å²) < 4.78 is 0. The van der Waals surface area contributed by atoms with Crippen molar-refractivity contribution < 1.29 is 9.59 Å². The first kappa shape index (κ1) is 18.2. The highest BCUT2D eigenvalue weighted by molar-refractivity contribution is 5.93. The molecule has 0 spiro atoms. The third-order valence-electron chi connectivity index (χ3n) is 5.03. The zero-order valence-corrected chi connectivity index (χ0v) is 15.2. The molecule has 1 aliphatic heterocycles. The first-order valence-corrected chi connectivity index (χ1v) is 9.22. The zero-order chi connectivity index (χ0) is 18.4. The van der Waals surface area contributed by atoms with Gasteiger partial charge in [-0.15, -0.1) is 0 Å². The van der Waals surface area contributed by atoms with Crippen LogP contribution < -0.4 is 5.32 Å². The van der Waals surface area contributed by atoms with E-state index < -0.39 is 0 Å². The third-order valence-corrected chi connectivity index (χ3v) is 5.03. The van der Waals surface area contributed by atoms with E-state index in [1.165, 1.54) is 17.3 Å². The lowest BCUT2D eigenvalue weighted by Gasteiger charge is -2.32. The summed E-state index contributed by atoms with van der Waals surface area (Å²) in [7, 11) is 0. The summed E-state index contributed by atoms with van der Waals surface area (Å²) >= 11 is 0. The lowest BCUT2D eigenvalue weighted by molar-refractivity contribution is -0.132. The van der Waals surface area contributed by atoms with E-state index in [0.29, 0.717) is 24.4 Å². The van der Waals surface area contributed by atoms with Crippen LogP contribution in [-0.2, 0) is 11.2 Å². The fourth-order valence-electron chi connectivity index (χ4n) is 3.26. The highest BCUT2D eigenvalue weighted by atomic mass is 16.2. The Balaban J connectivity index is 1.37. The van der Waals surface area contributed by atoms with E-state index >= 15 is 0 Å². The Kier molecular flexibility index (Phi) is 6.04. The molecule has 1 aliphatic rings. The van der Waals surface area contributed by atoms with Gasteiger partial charge in [-0.05, 0) is 37.7 Å². The summed E-state index contributed by atoms with van der Waals surface area (Å²) in [5, 5.41) is 9.37. The molecule has 0 unspecified atom stereocenters. The highest BCUT2D eigenvalue weighted by Gasteiger charge is 2.23. The number of aromatic nitrogens is 2. The molecule has 2 aromatic rings. The summed E-state index contributed by atoms with van der Waals surface area (Å²) in [6.07, 6.45) is 6.32. The van der Waals surface area contributed by atoms with Crippen molar-refractivity contribution in [2.75, 3.05) is 19.6 Å². The van der Waals surface area contributed by atoms with Crippen molar-refractivity contribution in [3.8, 4) is 0 Å². The standard InChI is InChI=1S/C20H26N4O2/c1-15-2-4-16(5-3-15)6-7-19(25)24-10-8-17(9-11-24)12-21-20(26)18-13-22-23-14-18/h2-5,13-14,17H,6-12H2,1H3,(H,21,26)(H,22,23). The second-order valence-corrected chi connectivity index (χ2v) is 7.01. The van der Waals surface area contributed by atoms with E-state index in [2.05, 4.69) is 46.7 Å². The minimum atomic E-state index is -0.102. The van der Waals surface area contributed by atoms with E-state index in [1.807, 2.05) is 4.90 Å². The largest absolute Gasteiger partial charge is 0.352 e. The van der Waals surface area contributed by atoms with Crippen molar-refractivity contribution in [1.29, 1.82) is 0 Å². The van der Waals surface area contributed by atoms with Gasteiger partial charge in [-0.3, -0.25) is 14.7 Å². The van der Waals surface area contributed by atoms with Gasteiger partial charge in [0.2, 0.25) is 5.91 Å². The van der Waals surface area contributed by atoms with Crippen molar-refractivity contribution in [3.05, 3.63) is 53.3 Å². The number of aromatic amines is 1. The number of rotatable bonds is 6. The van der Waals surface area contributed by atoms with Gasteiger partial charge in [0.1, 0.15) is 0 Å². The number of piperidine rings is 1. The first-order chi connectivity index (χ1) is 12.6. The molecule has 26 heavy (non-hydrogen) atoms. The van der Waals surface area contributed by atoms with Crippen LogP contribution in [0.1, 0.15) is 40.7 Å². The molecule has 1 aromatic carbocycles. The van der Waals surface area contributed by atoms with Gasteiger partial charge >= 0.3 is 0 Å². The normalized spacial score (nSPS) is 15.0. The smallest absolute Gasteiger partial charge is 0.254 e. The molecule has 2 heterocycles. The van der Waals surface area contributed by atoms with Crippen molar-refractivity contribution in [2.45, 2.75) is 32.6 Å². The number of aryl methyl sites for hydroxylation is 2. The van der Waals surface area contributed by atoms with Crippen molar-refractivity contribution >= 4 is 11.8 Å². The van der Waals surface area contributed by atoms with Crippen LogP contribution in [0.2, 0.25) is 0 Å². The minimum absolute atomic E-state index is 0.102. The van der Waals surface area contributed by atoms with Gasteiger partial charge in [-0.25, -0.2) is 0 Å². The molecule has 2 amide bonds. The molecular formula is C20H26N4O2. The zero-order valence-electron chi connectivity index (χ0n) is 15.2. The summed E-state index contributed by atoms with van der Waals surface area (Å²) in [5.74, 6) is 0.550. The number of H-pyrrole nitrogens is 1. The molecule has 1 saturated heterocycles. The Labute approximate surface area is 154 Å². The molecule has 6 heteroatoms. The molecule has 0 aliphatic carbocycles. The second kappa shape index (κ2) is 8.65. The molecule has 0 atom stereocenters. The molecule has 138 valence electrons. The Bertz CT molecular complexity index is 717. The number of carbonyl (C=O) groups is 2. The van der Waals surface area contributed by atoms with Crippen LogP contribution in [-0.4, -0.2) is 46.5 Å². The van der Waals surface area contributed by atoms with E-state index in [1.54, 1.807) is 6.20 Å². The SMILES string of the molecule is Cc1ccc(CCC(=O)N2CCC(CNC(=O)c3cn[nH]c3)CC2)cc1. The molecule has 6 nitrogen and oxygen atoms in total. The molecule has 1 aromatic heterocycles. The topological polar surface area (TPSA) is 78.1 Å². The van der Waals surface area contributed by atoms with E-state index in [0.717, 1.165) is 32.4 Å². The third kappa shape index (κ3) is 4.94. The van der Waals surface area contributed by atoms with Gasteiger partial charge in [0.05, 0.1) is 11.8 Å². The number of benzene rings is 1. The number of nitrogens with zero attached hydrogens (tertiary/aromatic N) is 2. The van der Waals surface area contributed by atoms with Crippen LogP contribution >= 0.6 is 0 Å². The summed E-state index contributed by atoms with van der Waals surface area (Å²) in [6, 6.07) is 8.36. The van der Waals surface area contributed by atoms with Gasteiger partial charge in [-0.1, -0.05) is 29.8 Å². The number of amides is 2. The van der Waals surface area contributed by atoms with Gasteiger partial charge in [-0.2, -0.15) is 5.10 Å². The predicted octanol–water partition coefficient (Wildman–Crippen LogP) is 2.32. The van der Waals surface area contributed by atoms with Crippen molar-refractivity contribution in [1.82, 2.24) is 20.4 Å². The molecule has 1 fully saturated rings. The maximum Gasteiger partial charge on any atom is 0.254 e. The molecule has 0 radical (unpaired) electrons. The maximum atomic E-state index is 12.4. The van der Waals surface area contributed by atoms with Gasteiger partial charge in [0, 0.05) is 32.3 Å². The Morgan fingerprint density at radius 3 is 2.62 bits per heavy atom. The number of likely N-dealkylation sites (tertiary alicyclic amines) is 1. The second-order valence-electron chi connectivity index (χ2n) is 7.01. The predicted molar refractivity (Wildman–Crippen MR) is 99.7 cm³/mol. The fourth-order valence-corrected chi connectivity index (χ4v) is 3.26. The lowest BCUT2D eigenvalue weighted by atomic mass is 9.96. The van der Waals surface area contributed by atoms with Gasteiger partial charge < -0.3 is 10.2 Å². The average molecular weight is 354 g/mol. The Hall–Kier alpha value is -2.63. The van der Waals surface area contributed by atoms with Crippen LogP contribution in [0.5, 0.6) is 0 Å². The molecular weight excluding hydrogens is 328 g/mol. The molecule has 0 saturated carbocycles. The van der Waals surface area contributed by atoms with Crippen LogP contribution in [0.4, 0.5) is 0 Å². The average Bonchev–Trinajstić information content (AvgIpc) is 3.21. The first-order valence-electron chi connectivity index (χ1n) is 9.22. The number of hydrogen-bond donors (Lipinski definition) is 2. The summed E-state index contributed by atoms with van der Waals surface area (Å²) in [6.45, 7) is 4.27.